The van der Waals surface area contributed by atoms with Crippen LogP contribution in [0.2, 0.25) is 5.02 Å². The lowest BCUT2D eigenvalue weighted by Crippen LogP contribution is -2.39. The number of rotatable bonds is 2. The Bertz CT molecular complexity index is 1150. The largest absolute Gasteiger partial charge is 0.478 e. The zero-order valence-corrected chi connectivity index (χ0v) is 15.5. The number of halogens is 1. The first-order valence-electron chi connectivity index (χ1n) is 8.89. The highest BCUT2D eigenvalue weighted by molar-refractivity contribution is 6.31. The number of nitrogens with zero attached hydrogens (tertiary/aromatic N) is 2. The van der Waals surface area contributed by atoms with Gasteiger partial charge in [-0.25, -0.2) is 4.79 Å². The lowest BCUT2D eigenvalue weighted by atomic mass is 9.79. The normalized spacial score (nSPS) is 19.8. The van der Waals surface area contributed by atoms with Crippen LogP contribution in [0.3, 0.4) is 0 Å². The molecule has 1 amide bonds. The summed E-state index contributed by atoms with van der Waals surface area (Å²) >= 11 is 6.24. The summed E-state index contributed by atoms with van der Waals surface area (Å²) in [6, 6.07) is 14.3. The summed E-state index contributed by atoms with van der Waals surface area (Å²) in [4.78, 5) is 30.9. The van der Waals surface area contributed by atoms with Gasteiger partial charge in [-0.15, -0.1) is 0 Å². The Kier molecular flexibility index (Phi) is 3.58. The van der Waals surface area contributed by atoms with Crippen LogP contribution >= 0.6 is 11.6 Å². The molecule has 6 heteroatoms. The summed E-state index contributed by atoms with van der Waals surface area (Å²) in [5.41, 5.74) is 3.76. The van der Waals surface area contributed by atoms with Gasteiger partial charge in [-0.3, -0.25) is 14.7 Å². The van der Waals surface area contributed by atoms with E-state index in [1.165, 1.54) is 0 Å². The molecule has 0 bridgehead atoms. The van der Waals surface area contributed by atoms with E-state index in [0.29, 0.717) is 23.6 Å². The molecule has 1 aliphatic heterocycles. The number of hydrogen-bond donors (Lipinski definition) is 1. The van der Waals surface area contributed by atoms with Crippen molar-refractivity contribution in [1.29, 1.82) is 0 Å². The minimum absolute atomic E-state index is 0.0363. The maximum atomic E-state index is 13.7. The van der Waals surface area contributed by atoms with Gasteiger partial charge in [0.05, 0.1) is 28.6 Å². The molecule has 1 N–H and O–H groups in total. The summed E-state index contributed by atoms with van der Waals surface area (Å²) in [7, 11) is 0. The van der Waals surface area contributed by atoms with Gasteiger partial charge >= 0.3 is 5.97 Å². The molecule has 0 fully saturated rings. The molecule has 0 saturated heterocycles. The number of hydrogen-bond acceptors (Lipinski definition) is 3. The molecule has 2 heterocycles. The molecule has 1 aliphatic carbocycles. The molecule has 1 aromatic heterocycles. The average Bonchev–Trinajstić information content (AvgIpc) is 3.18. The molecule has 5 nitrogen and oxygen atoms in total. The summed E-state index contributed by atoms with van der Waals surface area (Å²) < 4.78 is 0. The number of carbonyl (C=O) groups excluding carboxylic acids is 1. The Morgan fingerprint density at radius 3 is 2.68 bits per heavy atom. The van der Waals surface area contributed by atoms with Crippen molar-refractivity contribution in [2.24, 2.45) is 0 Å². The maximum Gasteiger partial charge on any atom is 0.335 e. The molecular weight excluding hydrogens is 376 g/mol. The number of pyridine rings is 1. The Morgan fingerprint density at radius 1 is 1.11 bits per heavy atom. The topological polar surface area (TPSA) is 70.5 Å². The van der Waals surface area contributed by atoms with E-state index in [0.717, 1.165) is 22.4 Å². The molecule has 0 radical (unpaired) electrons. The van der Waals surface area contributed by atoms with Gasteiger partial charge in [0.15, 0.2) is 0 Å². The predicted octanol–water partition coefficient (Wildman–Crippen LogP) is 4.15. The van der Waals surface area contributed by atoms with Crippen LogP contribution < -0.4 is 4.90 Å². The summed E-state index contributed by atoms with van der Waals surface area (Å²) in [6.07, 6.45) is 4.32. The number of carboxylic acids is 1. The standard InChI is InChI=1S/C22H15ClN2O3/c23-16-5-6-18-19(9-16)25(17-2-1-7-24-12-17)21(28)22(18)10-14-4-3-13(20(26)27)8-15(14)11-22/h1-9,12H,10-11H2,(H,26,27)/t22-/m1/s1. The van der Waals surface area contributed by atoms with Crippen molar-refractivity contribution in [3.05, 3.63) is 88.2 Å². The summed E-state index contributed by atoms with van der Waals surface area (Å²) in [6.45, 7) is 0. The van der Waals surface area contributed by atoms with Crippen LogP contribution in [0.1, 0.15) is 27.0 Å². The number of fused-ring (bicyclic) bond motifs is 3. The molecule has 138 valence electrons. The van der Waals surface area contributed by atoms with E-state index in [-0.39, 0.29) is 11.5 Å². The Balaban J connectivity index is 1.67. The second-order valence-corrected chi connectivity index (χ2v) is 7.67. The first kappa shape index (κ1) is 17.0. The third kappa shape index (κ3) is 2.29. The van der Waals surface area contributed by atoms with Gasteiger partial charge in [0.1, 0.15) is 0 Å². The number of carbonyl (C=O) groups is 2. The van der Waals surface area contributed by atoms with E-state index in [1.54, 1.807) is 41.6 Å². The highest BCUT2D eigenvalue weighted by Crippen LogP contribution is 2.52. The zero-order chi connectivity index (χ0) is 19.5. The van der Waals surface area contributed by atoms with Crippen LogP contribution in [0.5, 0.6) is 0 Å². The van der Waals surface area contributed by atoms with Crippen LogP contribution in [0.4, 0.5) is 11.4 Å². The maximum absolute atomic E-state index is 13.7. The van der Waals surface area contributed by atoms with Crippen molar-refractivity contribution >= 4 is 34.9 Å². The van der Waals surface area contributed by atoms with Crippen molar-refractivity contribution < 1.29 is 14.7 Å². The Hall–Kier alpha value is -3.18. The fraction of sp³-hybridized carbons (Fsp3) is 0.136. The van der Waals surface area contributed by atoms with Gasteiger partial charge in [0, 0.05) is 11.2 Å². The van der Waals surface area contributed by atoms with E-state index in [1.807, 2.05) is 24.3 Å². The van der Waals surface area contributed by atoms with Crippen molar-refractivity contribution in [3.63, 3.8) is 0 Å². The molecule has 0 unspecified atom stereocenters. The Morgan fingerprint density at radius 2 is 1.93 bits per heavy atom. The molecular formula is C22H15ClN2O3. The van der Waals surface area contributed by atoms with Gasteiger partial charge < -0.3 is 5.11 Å². The van der Waals surface area contributed by atoms with Gasteiger partial charge in [-0.05, 0) is 65.9 Å². The number of benzene rings is 2. The molecule has 3 aromatic rings. The molecule has 0 saturated carbocycles. The minimum atomic E-state index is -0.967. The van der Waals surface area contributed by atoms with Crippen molar-refractivity contribution in [2.75, 3.05) is 4.90 Å². The highest BCUT2D eigenvalue weighted by atomic mass is 35.5. The van der Waals surface area contributed by atoms with Crippen LogP contribution in [-0.4, -0.2) is 22.0 Å². The van der Waals surface area contributed by atoms with Gasteiger partial charge in [-0.1, -0.05) is 23.7 Å². The van der Waals surface area contributed by atoms with Gasteiger partial charge in [-0.2, -0.15) is 0 Å². The molecule has 2 aromatic carbocycles. The zero-order valence-electron chi connectivity index (χ0n) is 14.7. The van der Waals surface area contributed by atoms with E-state index in [9.17, 15) is 14.7 Å². The SMILES string of the molecule is O=C(O)c1ccc2c(c1)C[C@@]1(C2)C(=O)N(c2cccnc2)c2cc(Cl)ccc21. The fourth-order valence-electron chi connectivity index (χ4n) is 4.43. The smallest absolute Gasteiger partial charge is 0.335 e. The Labute approximate surface area is 166 Å². The molecule has 1 atom stereocenters. The van der Waals surface area contributed by atoms with Crippen LogP contribution in [0.15, 0.2) is 60.9 Å². The summed E-state index contributed by atoms with van der Waals surface area (Å²) in [5.74, 6) is -1.00. The molecule has 5 rings (SSSR count). The van der Waals surface area contributed by atoms with E-state index in [2.05, 4.69) is 4.98 Å². The van der Waals surface area contributed by atoms with E-state index in [4.69, 9.17) is 11.6 Å². The van der Waals surface area contributed by atoms with E-state index >= 15 is 0 Å². The average molecular weight is 391 g/mol. The lowest BCUT2D eigenvalue weighted by Gasteiger charge is -2.23. The monoisotopic (exact) mass is 390 g/mol. The first-order chi connectivity index (χ1) is 13.5. The number of aromatic carboxylic acids is 1. The second kappa shape index (κ2) is 5.91. The third-order valence-electron chi connectivity index (χ3n) is 5.67. The second-order valence-electron chi connectivity index (χ2n) is 7.24. The predicted molar refractivity (Wildman–Crippen MR) is 105 cm³/mol. The van der Waals surface area contributed by atoms with Crippen LogP contribution in [-0.2, 0) is 23.1 Å². The van der Waals surface area contributed by atoms with Crippen molar-refractivity contribution in [2.45, 2.75) is 18.3 Å². The summed E-state index contributed by atoms with van der Waals surface area (Å²) in [5, 5.41) is 9.86. The van der Waals surface area contributed by atoms with E-state index < -0.39 is 11.4 Å². The molecule has 28 heavy (non-hydrogen) atoms. The van der Waals surface area contributed by atoms with Crippen molar-refractivity contribution in [1.82, 2.24) is 4.98 Å². The first-order valence-corrected chi connectivity index (χ1v) is 9.27. The molecule has 1 spiro atoms. The third-order valence-corrected chi connectivity index (χ3v) is 5.91. The number of anilines is 2. The quantitative estimate of drug-likeness (QED) is 0.713. The van der Waals surface area contributed by atoms with Crippen molar-refractivity contribution in [3.8, 4) is 0 Å². The lowest BCUT2D eigenvalue weighted by molar-refractivity contribution is -0.122. The van der Waals surface area contributed by atoms with Crippen LogP contribution in [0, 0.1) is 0 Å². The van der Waals surface area contributed by atoms with Gasteiger partial charge in [0.25, 0.3) is 0 Å². The van der Waals surface area contributed by atoms with Crippen LogP contribution in [0.25, 0.3) is 0 Å². The minimum Gasteiger partial charge on any atom is -0.478 e. The highest BCUT2D eigenvalue weighted by Gasteiger charge is 2.54. The number of amides is 1. The fourth-order valence-corrected chi connectivity index (χ4v) is 4.59. The molecule has 2 aliphatic rings. The number of carboxylic acid groups (broad SMARTS) is 1. The number of aromatic nitrogens is 1. The van der Waals surface area contributed by atoms with Gasteiger partial charge in [0.2, 0.25) is 5.91 Å².